The van der Waals surface area contributed by atoms with Gasteiger partial charge in [-0.05, 0) is 30.6 Å². The minimum absolute atomic E-state index is 0.00678. The summed E-state index contributed by atoms with van der Waals surface area (Å²) in [6.45, 7) is 4.19. The van der Waals surface area contributed by atoms with E-state index in [1.54, 1.807) is 0 Å². The average Bonchev–Trinajstić information content (AvgIpc) is 2.75. The zero-order valence-corrected chi connectivity index (χ0v) is 12.5. The third-order valence-electron chi connectivity index (χ3n) is 5.92. The molecule has 1 heterocycles. The summed E-state index contributed by atoms with van der Waals surface area (Å²) >= 11 is 0. The minimum atomic E-state index is -3.48. The summed E-state index contributed by atoms with van der Waals surface area (Å²) in [7, 11) is -2.06. The van der Waals surface area contributed by atoms with Crippen LogP contribution in [0.3, 0.4) is 0 Å². The molecule has 3 aliphatic rings. The molecule has 2 saturated carbocycles. The number of fused-ring (bicyclic) bond motifs is 1. The predicted octanol–water partition coefficient (Wildman–Crippen LogP) is 1.000. The molecule has 3 atom stereocenters. The number of sulfonamides is 1. The van der Waals surface area contributed by atoms with E-state index >= 15 is 0 Å². The van der Waals surface area contributed by atoms with Crippen molar-refractivity contribution in [1.29, 1.82) is 0 Å². The average molecular weight is 287 g/mol. The maximum atomic E-state index is 12.4. The lowest BCUT2D eigenvalue weighted by molar-refractivity contribution is -0.132. The molecule has 108 valence electrons. The molecule has 1 amide bonds. The SMILES string of the molecule is COCC(=O)N1[C@H]2C[C@@H]3CC[C@@]2(CS1(=O)=O)C3(C)C. The first-order valence-electron chi connectivity index (χ1n) is 6.80. The Bertz CT molecular complexity index is 527. The highest BCUT2D eigenvalue weighted by Crippen LogP contribution is 2.69. The fourth-order valence-electron chi connectivity index (χ4n) is 4.80. The molecule has 3 rings (SSSR count). The van der Waals surface area contributed by atoms with Crippen LogP contribution in [0.4, 0.5) is 0 Å². The molecule has 0 aromatic carbocycles. The molecule has 2 aliphatic carbocycles. The van der Waals surface area contributed by atoms with Crippen LogP contribution in [0.5, 0.6) is 0 Å². The second-order valence-corrected chi connectivity index (χ2v) is 8.59. The molecule has 19 heavy (non-hydrogen) atoms. The van der Waals surface area contributed by atoms with Crippen LogP contribution in [0.1, 0.15) is 33.1 Å². The molecule has 2 bridgehead atoms. The van der Waals surface area contributed by atoms with Gasteiger partial charge in [-0.1, -0.05) is 13.8 Å². The van der Waals surface area contributed by atoms with Gasteiger partial charge in [0.15, 0.2) is 0 Å². The van der Waals surface area contributed by atoms with Crippen molar-refractivity contribution in [2.75, 3.05) is 19.5 Å². The van der Waals surface area contributed by atoms with E-state index in [4.69, 9.17) is 4.74 Å². The fourth-order valence-corrected chi connectivity index (χ4v) is 7.34. The normalized spacial score (nSPS) is 41.5. The first kappa shape index (κ1) is 13.4. The summed E-state index contributed by atoms with van der Waals surface area (Å²) in [4.78, 5) is 12.1. The molecule has 0 unspecified atom stereocenters. The number of hydrogen-bond donors (Lipinski definition) is 0. The van der Waals surface area contributed by atoms with E-state index in [-0.39, 0.29) is 29.2 Å². The lowest BCUT2D eigenvalue weighted by Gasteiger charge is -2.37. The zero-order chi connectivity index (χ0) is 14.1. The van der Waals surface area contributed by atoms with Gasteiger partial charge in [0.1, 0.15) is 6.61 Å². The Morgan fingerprint density at radius 2 is 2.11 bits per heavy atom. The largest absolute Gasteiger partial charge is 0.375 e. The van der Waals surface area contributed by atoms with E-state index < -0.39 is 15.9 Å². The summed E-state index contributed by atoms with van der Waals surface area (Å²) in [6.07, 6.45) is 2.83. The van der Waals surface area contributed by atoms with Crippen molar-refractivity contribution in [2.24, 2.45) is 16.7 Å². The highest BCUT2D eigenvalue weighted by molar-refractivity contribution is 7.90. The molecule has 1 aliphatic heterocycles. The number of carbonyl (C=O) groups excluding carboxylic acids is 1. The smallest absolute Gasteiger partial charge is 0.262 e. The van der Waals surface area contributed by atoms with Crippen LogP contribution in [-0.2, 0) is 19.6 Å². The maximum absolute atomic E-state index is 12.4. The summed E-state index contributed by atoms with van der Waals surface area (Å²) in [5.74, 6) is 0.252. The number of methoxy groups -OCH3 is 1. The Kier molecular flexibility index (Phi) is 2.62. The molecule has 0 aromatic rings. The Morgan fingerprint density at radius 3 is 2.68 bits per heavy atom. The molecule has 0 radical (unpaired) electrons. The summed E-state index contributed by atoms with van der Waals surface area (Å²) in [5.41, 5.74) is -0.229. The van der Waals surface area contributed by atoms with E-state index in [0.29, 0.717) is 5.92 Å². The van der Waals surface area contributed by atoms with Crippen molar-refractivity contribution in [1.82, 2.24) is 4.31 Å². The number of hydrogen-bond acceptors (Lipinski definition) is 4. The van der Waals surface area contributed by atoms with Gasteiger partial charge >= 0.3 is 0 Å². The lowest BCUT2D eigenvalue weighted by Crippen LogP contribution is -2.45. The second-order valence-electron chi connectivity index (χ2n) is 6.74. The standard InChI is InChI=1S/C13H21NO4S/c1-12(2)9-4-5-13(12)8-19(16,17)14(10(13)6-9)11(15)7-18-3/h9-10H,4-8H2,1-3H3/t9-,10-,13-/m0/s1. The Hall–Kier alpha value is -0.620. The van der Waals surface area contributed by atoms with E-state index in [1.807, 2.05) is 0 Å². The van der Waals surface area contributed by atoms with E-state index in [9.17, 15) is 13.2 Å². The number of amides is 1. The molecule has 1 spiro atoms. The first-order valence-corrected chi connectivity index (χ1v) is 8.41. The number of rotatable bonds is 2. The van der Waals surface area contributed by atoms with Crippen LogP contribution in [0, 0.1) is 16.7 Å². The van der Waals surface area contributed by atoms with Crippen molar-refractivity contribution >= 4 is 15.9 Å². The van der Waals surface area contributed by atoms with Crippen LogP contribution in [-0.4, -0.2) is 44.1 Å². The Morgan fingerprint density at radius 1 is 1.42 bits per heavy atom. The third kappa shape index (κ3) is 1.44. The minimum Gasteiger partial charge on any atom is -0.375 e. The fraction of sp³-hybridized carbons (Fsp3) is 0.923. The second kappa shape index (κ2) is 3.73. The first-order chi connectivity index (χ1) is 8.76. The van der Waals surface area contributed by atoms with Crippen molar-refractivity contribution in [2.45, 2.75) is 39.2 Å². The van der Waals surface area contributed by atoms with Crippen molar-refractivity contribution in [3.8, 4) is 0 Å². The van der Waals surface area contributed by atoms with Gasteiger partial charge in [0.05, 0.1) is 11.8 Å². The van der Waals surface area contributed by atoms with Crippen LogP contribution >= 0.6 is 0 Å². The van der Waals surface area contributed by atoms with Gasteiger partial charge in [-0.3, -0.25) is 4.79 Å². The molecular formula is C13H21NO4S. The molecule has 0 N–H and O–H groups in total. The number of carbonyl (C=O) groups is 1. The van der Waals surface area contributed by atoms with Gasteiger partial charge in [-0.2, -0.15) is 0 Å². The van der Waals surface area contributed by atoms with Gasteiger partial charge in [0.2, 0.25) is 10.0 Å². The van der Waals surface area contributed by atoms with Gasteiger partial charge in [-0.25, -0.2) is 12.7 Å². The van der Waals surface area contributed by atoms with Crippen molar-refractivity contribution < 1.29 is 17.9 Å². The topological polar surface area (TPSA) is 63.7 Å². The van der Waals surface area contributed by atoms with Gasteiger partial charge in [0, 0.05) is 12.5 Å². The molecular weight excluding hydrogens is 266 g/mol. The third-order valence-corrected chi connectivity index (χ3v) is 7.86. The van der Waals surface area contributed by atoms with Crippen LogP contribution in [0.15, 0.2) is 0 Å². The quantitative estimate of drug-likeness (QED) is 0.760. The van der Waals surface area contributed by atoms with Crippen molar-refractivity contribution in [3.05, 3.63) is 0 Å². The maximum Gasteiger partial charge on any atom is 0.262 e. The van der Waals surface area contributed by atoms with E-state index in [1.165, 1.54) is 7.11 Å². The summed E-state index contributed by atoms with van der Waals surface area (Å²) < 4.78 is 30.8. The number of ether oxygens (including phenoxy) is 1. The zero-order valence-electron chi connectivity index (χ0n) is 11.7. The van der Waals surface area contributed by atoms with Gasteiger partial charge < -0.3 is 4.74 Å². The van der Waals surface area contributed by atoms with Crippen LogP contribution in [0.2, 0.25) is 0 Å². The predicted molar refractivity (Wildman–Crippen MR) is 69.9 cm³/mol. The monoisotopic (exact) mass is 287 g/mol. The molecule has 5 nitrogen and oxygen atoms in total. The molecule has 3 fully saturated rings. The highest BCUT2D eigenvalue weighted by Gasteiger charge is 2.72. The van der Waals surface area contributed by atoms with Crippen LogP contribution in [0.25, 0.3) is 0 Å². The molecule has 1 saturated heterocycles. The summed E-state index contributed by atoms with van der Waals surface area (Å²) in [6, 6.07) is -0.145. The molecule has 6 heteroatoms. The number of nitrogens with zero attached hydrogens (tertiary/aromatic N) is 1. The summed E-state index contributed by atoms with van der Waals surface area (Å²) in [5, 5.41) is 0. The van der Waals surface area contributed by atoms with E-state index in [2.05, 4.69) is 13.8 Å². The highest BCUT2D eigenvalue weighted by atomic mass is 32.2. The van der Waals surface area contributed by atoms with Gasteiger partial charge in [0.25, 0.3) is 5.91 Å². The Balaban J connectivity index is 2.04. The van der Waals surface area contributed by atoms with Crippen molar-refractivity contribution in [3.63, 3.8) is 0 Å². The van der Waals surface area contributed by atoms with Crippen LogP contribution < -0.4 is 0 Å². The Labute approximate surface area is 114 Å². The van der Waals surface area contributed by atoms with E-state index in [0.717, 1.165) is 23.6 Å². The lowest BCUT2D eigenvalue weighted by atomic mass is 9.69. The van der Waals surface area contributed by atoms with Gasteiger partial charge in [-0.15, -0.1) is 0 Å². The molecule has 0 aromatic heterocycles.